The number of amides is 1. The molecule has 1 atom stereocenters. The van der Waals surface area contributed by atoms with Crippen LogP contribution in [-0.4, -0.2) is 61.2 Å². The zero-order chi connectivity index (χ0) is 24.3. The quantitative estimate of drug-likeness (QED) is 0.561. The van der Waals surface area contributed by atoms with Crippen LogP contribution in [0.1, 0.15) is 36.6 Å². The maximum Gasteiger partial charge on any atom is 0.245 e. The maximum absolute atomic E-state index is 13.4. The monoisotopic (exact) mass is 480 g/mol. The second-order valence-corrected chi connectivity index (χ2v) is 10.8. The van der Waals surface area contributed by atoms with Crippen molar-refractivity contribution in [2.24, 2.45) is 0 Å². The van der Waals surface area contributed by atoms with Crippen molar-refractivity contribution in [2.45, 2.75) is 38.1 Å². The van der Waals surface area contributed by atoms with Gasteiger partial charge in [0.2, 0.25) is 15.9 Å². The van der Waals surface area contributed by atoms with Crippen molar-refractivity contribution < 1.29 is 13.2 Å². The van der Waals surface area contributed by atoms with E-state index in [0.717, 1.165) is 22.9 Å². The van der Waals surface area contributed by atoms with Gasteiger partial charge in [-0.05, 0) is 49.1 Å². The first-order valence-electron chi connectivity index (χ1n) is 11.7. The summed E-state index contributed by atoms with van der Waals surface area (Å²) >= 11 is 0. The SMILES string of the molecule is CCc1ccc(C(C)NC(=O)CN2CCN(S(=O)(=O)c3cccc4cc(C)cnc34)CC2)cc1. The lowest BCUT2D eigenvalue weighted by molar-refractivity contribution is -0.123. The summed E-state index contributed by atoms with van der Waals surface area (Å²) < 4.78 is 28.2. The molecule has 0 saturated carbocycles. The number of pyridine rings is 1. The number of para-hydroxylation sites is 1. The molecule has 0 spiro atoms. The van der Waals surface area contributed by atoms with Crippen molar-refractivity contribution in [1.29, 1.82) is 0 Å². The minimum Gasteiger partial charge on any atom is -0.348 e. The number of nitrogens with zero attached hydrogens (tertiary/aromatic N) is 3. The lowest BCUT2D eigenvalue weighted by Crippen LogP contribution is -2.51. The van der Waals surface area contributed by atoms with Crippen LogP contribution in [0, 0.1) is 6.92 Å². The molecule has 2 heterocycles. The molecule has 1 N–H and O–H groups in total. The van der Waals surface area contributed by atoms with Crippen molar-refractivity contribution in [3.05, 3.63) is 71.4 Å². The normalized spacial score (nSPS) is 16.4. The molecule has 1 aliphatic rings. The number of nitrogens with one attached hydrogen (secondary N) is 1. The standard InChI is InChI=1S/C26H32N4O3S/c1-4-21-8-10-22(11-9-21)20(3)28-25(31)18-29-12-14-30(15-13-29)34(32,33)24-7-5-6-23-16-19(2)17-27-26(23)24/h5-11,16-17,20H,4,12-15,18H2,1-3H3,(H,28,31). The Hall–Kier alpha value is -2.81. The van der Waals surface area contributed by atoms with E-state index in [-0.39, 0.29) is 23.4 Å². The van der Waals surface area contributed by atoms with Gasteiger partial charge in [-0.1, -0.05) is 43.3 Å². The molecule has 4 rings (SSSR count). The number of piperazine rings is 1. The number of benzene rings is 2. The molecule has 1 aliphatic heterocycles. The van der Waals surface area contributed by atoms with Crippen LogP contribution >= 0.6 is 0 Å². The van der Waals surface area contributed by atoms with Crippen molar-refractivity contribution in [3.8, 4) is 0 Å². The number of carbonyl (C=O) groups is 1. The van der Waals surface area contributed by atoms with Crippen LogP contribution in [0.2, 0.25) is 0 Å². The van der Waals surface area contributed by atoms with E-state index in [9.17, 15) is 13.2 Å². The average Bonchev–Trinajstić information content (AvgIpc) is 2.83. The first-order valence-corrected chi connectivity index (χ1v) is 13.2. The molecule has 2 aromatic carbocycles. The number of aromatic nitrogens is 1. The first-order chi connectivity index (χ1) is 16.3. The van der Waals surface area contributed by atoms with E-state index >= 15 is 0 Å². The average molecular weight is 481 g/mol. The van der Waals surface area contributed by atoms with Crippen molar-refractivity contribution in [1.82, 2.24) is 19.5 Å². The first kappa shape index (κ1) is 24.3. The third kappa shape index (κ3) is 5.29. The van der Waals surface area contributed by atoms with Crippen LogP contribution < -0.4 is 5.32 Å². The van der Waals surface area contributed by atoms with Gasteiger partial charge in [-0.3, -0.25) is 14.7 Å². The third-order valence-electron chi connectivity index (χ3n) is 6.39. The minimum atomic E-state index is -3.67. The Balaban J connectivity index is 1.35. The molecule has 0 radical (unpaired) electrons. The van der Waals surface area contributed by atoms with E-state index in [4.69, 9.17) is 0 Å². The Morgan fingerprint density at radius 2 is 1.79 bits per heavy atom. The predicted octanol–water partition coefficient (Wildman–Crippen LogP) is 3.29. The van der Waals surface area contributed by atoms with Gasteiger partial charge in [0.25, 0.3) is 0 Å². The molecular weight excluding hydrogens is 448 g/mol. The van der Waals surface area contributed by atoms with Gasteiger partial charge < -0.3 is 5.32 Å². The van der Waals surface area contributed by atoms with Crippen LogP contribution in [0.5, 0.6) is 0 Å². The zero-order valence-corrected chi connectivity index (χ0v) is 20.8. The lowest BCUT2D eigenvalue weighted by Gasteiger charge is -2.33. The number of aryl methyl sites for hydroxylation is 2. The molecule has 3 aromatic rings. The molecule has 0 bridgehead atoms. The summed E-state index contributed by atoms with van der Waals surface area (Å²) in [7, 11) is -3.67. The van der Waals surface area contributed by atoms with Crippen LogP contribution in [-0.2, 0) is 21.2 Å². The Kier molecular flexibility index (Phi) is 7.30. The van der Waals surface area contributed by atoms with Crippen LogP contribution in [0.3, 0.4) is 0 Å². The van der Waals surface area contributed by atoms with Gasteiger partial charge in [-0.2, -0.15) is 4.31 Å². The topological polar surface area (TPSA) is 82.6 Å². The van der Waals surface area contributed by atoms with E-state index in [1.165, 1.54) is 9.87 Å². The number of sulfonamides is 1. The van der Waals surface area contributed by atoms with Crippen molar-refractivity contribution >= 4 is 26.8 Å². The molecule has 7 nitrogen and oxygen atoms in total. The molecule has 1 aromatic heterocycles. The molecular formula is C26H32N4O3S. The molecule has 8 heteroatoms. The number of hydrogen-bond donors (Lipinski definition) is 1. The van der Waals surface area contributed by atoms with Gasteiger partial charge >= 0.3 is 0 Å². The summed E-state index contributed by atoms with van der Waals surface area (Å²) in [5.74, 6) is -0.0583. The minimum absolute atomic E-state index is 0.0583. The highest BCUT2D eigenvalue weighted by molar-refractivity contribution is 7.89. The Morgan fingerprint density at radius 1 is 1.09 bits per heavy atom. The number of carbonyl (C=O) groups excluding carboxylic acids is 1. The second-order valence-electron chi connectivity index (χ2n) is 8.91. The number of hydrogen-bond acceptors (Lipinski definition) is 5. The summed E-state index contributed by atoms with van der Waals surface area (Å²) in [5.41, 5.74) is 3.82. The highest BCUT2D eigenvalue weighted by atomic mass is 32.2. The fraction of sp³-hybridized carbons (Fsp3) is 0.385. The Morgan fingerprint density at radius 3 is 2.47 bits per heavy atom. The van der Waals surface area contributed by atoms with Gasteiger partial charge in [0.05, 0.1) is 18.1 Å². The number of rotatable bonds is 7. The molecule has 1 fully saturated rings. The van der Waals surface area contributed by atoms with Gasteiger partial charge in [-0.25, -0.2) is 8.42 Å². The van der Waals surface area contributed by atoms with E-state index in [1.54, 1.807) is 18.3 Å². The van der Waals surface area contributed by atoms with Crippen molar-refractivity contribution in [3.63, 3.8) is 0 Å². The molecule has 1 saturated heterocycles. The Labute approximate surface area is 201 Å². The van der Waals surface area contributed by atoms with E-state index in [0.29, 0.717) is 31.7 Å². The zero-order valence-electron chi connectivity index (χ0n) is 20.0. The van der Waals surface area contributed by atoms with Gasteiger partial charge in [0.1, 0.15) is 4.90 Å². The summed E-state index contributed by atoms with van der Waals surface area (Å²) in [6, 6.07) is 15.4. The Bertz CT molecular complexity index is 1270. The van der Waals surface area contributed by atoms with Crippen LogP contribution in [0.4, 0.5) is 0 Å². The summed E-state index contributed by atoms with van der Waals surface area (Å²) in [6.07, 6.45) is 2.68. The third-order valence-corrected chi connectivity index (χ3v) is 8.32. The van der Waals surface area contributed by atoms with E-state index in [1.807, 2.05) is 30.9 Å². The number of fused-ring (bicyclic) bond motifs is 1. The summed E-state index contributed by atoms with van der Waals surface area (Å²) in [4.78, 5) is 19.2. The predicted molar refractivity (Wildman–Crippen MR) is 134 cm³/mol. The molecule has 180 valence electrons. The molecule has 34 heavy (non-hydrogen) atoms. The highest BCUT2D eigenvalue weighted by Crippen LogP contribution is 2.25. The van der Waals surface area contributed by atoms with Gasteiger partial charge in [-0.15, -0.1) is 0 Å². The van der Waals surface area contributed by atoms with Crippen LogP contribution in [0.15, 0.2) is 59.6 Å². The molecule has 1 unspecified atom stereocenters. The molecule has 1 amide bonds. The van der Waals surface area contributed by atoms with E-state index in [2.05, 4.69) is 41.5 Å². The van der Waals surface area contributed by atoms with Gasteiger partial charge in [0, 0.05) is 37.8 Å². The second kappa shape index (κ2) is 10.2. The summed E-state index contributed by atoms with van der Waals surface area (Å²) in [6.45, 7) is 7.96. The fourth-order valence-corrected chi connectivity index (χ4v) is 5.92. The molecule has 0 aliphatic carbocycles. The largest absolute Gasteiger partial charge is 0.348 e. The van der Waals surface area contributed by atoms with Crippen LogP contribution in [0.25, 0.3) is 10.9 Å². The van der Waals surface area contributed by atoms with E-state index < -0.39 is 10.0 Å². The van der Waals surface area contributed by atoms with Gasteiger partial charge in [0.15, 0.2) is 0 Å². The smallest absolute Gasteiger partial charge is 0.245 e. The lowest BCUT2D eigenvalue weighted by atomic mass is 10.1. The highest BCUT2D eigenvalue weighted by Gasteiger charge is 2.30. The van der Waals surface area contributed by atoms with Crippen molar-refractivity contribution in [2.75, 3.05) is 32.7 Å². The maximum atomic E-state index is 13.4. The summed E-state index contributed by atoms with van der Waals surface area (Å²) in [5, 5.41) is 3.87. The fourth-order valence-electron chi connectivity index (χ4n) is 4.33.